The van der Waals surface area contributed by atoms with Gasteiger partial charge >= 0.3 is 5.69 Å². The number of nitrogens with one attached hydrogen (secondary N) is 1. The number of hydrogen-bond acceptors (Lipinski definition) is 4. The first-order valence-corrected chi connectivity index (χ1v) is 6.10. The third kappa shape index (κ3) is 2.13. The summed E-state index contributed by atoms with van der Waals surface area (Å²) in [5, 5.41) is 18.5. The van der Waals surface area contributed by atoms with E-state index in [-0.39, 0.29) is 24.7 Å². The summed E-state index contributed by atoms with van der Waals surface area (Å²) < 4.78 is 1.42. The van der Waals surface area contributed by atoms with Crippen molar-refractivity contribution >= 4 is 0 Å². The van der Waals surface area contributed by atoms with Crippen LogP contribution in [0.5, 0.6) is 0 Å². The Labute approximate surface area is 104 Å². The maximum Gasteiger partial charge on any atom is 0.328 e. The van der Waals surface area contributed by atoms with Gasteiger partial charge in [0.1, 0.15) is 0 Å². The molecule has 0 amide bonds. The van der Waals surface area contributed by atoms with E-state index in [1.54, 1.807) is 6.20 Å². The van der Waals surface area contributed by atoms with Crippen molar-refractivity contribution in [2.24, 2.45) is 11.3 Å². The second-order valence-corrected chi connectivity index (χ2v) is 5.00. The first-order chi connectivity index (χ1) is 8.56. The monoisotopic (exact) mass is 254 g/mol. The average Bonchev–Trinajstić information content (AvgIpc) is 3.07. The van der Waals surface area contributed by atoms with Gasteiger partial charge in [-0.05, 0) is 18.8 Å². The Morgan fingerprint density at radius 1 is 1.50 bits per heavy atom. The van der Waals surface area contributed by atoms with Crippen LogP contribution in [-0.2, 0) is 13.0 Å². The van der Waals surface area contributed by atoms with Crippen LogP contribution in [0.15, 0.2) is 15.8 Å². The van der Waals surface area contributed by atoms with E-state index in [9.17, 15) is 14.7 Å². The normalized spacial score (nSPS) is 26.3. The van der Waals surface area contributed by atoms with Gasteiger partial charge in [0.25, 0.3) is 5.56 Å². The minimum Gasteiger partial charge on any atom is -0.396 e. The molecule has 0 radical (unpaired) electrons. The minimum absolute atomic E-state index is 0.0132. The first kappa shape index (κ1) is 13.0. The fraction of sp³-hybridized carbons (Fsp3) is 0.667. The lowest BCUT2D eigenvalue weighted by Crippen LogP contribution is -2.35. The summed E-state index contributed by atoms with van der Waals surface area (Å²) in [7, 11) is 0. The second-order valence-electron chi connectivity index (χ2n) is 5.00. The molecule has 3 N–H and O–H groups in total. The number of aliphatic hydroxyl groups is 2. The molecule has 2 atom stereocenters. The Bertz CT molecular complexity index is 548. The zero-order chi connectivity index (χ0) is 13.3. The highest BCUT2D eigenvalue weighted by molar-refractivity contribution is 5.07. The number of aryl methyl sites for hydroxylation is 1. The lowest BCUT2D eigenvalue weighted by molar-refractivity contribution is 0.156. The molecule has 18 heavy (non-hydrogen) atoms. The van der Waals surface area contributed by atoms with Gasteiger partial charge in [0.05, 0.1) is 6.61 Å². The molecule has 1 aromatic heterocycles. The Morgan fingerprint density at radius 2 is 2.22 bits per heavy atom. The van der Waals surface area contributed by atoms with Gasteiger partial charge in [0.2, 0.25) is 0 Å². The maximum atomic E-state index is 11.7. The number of H-pyrrole nitrogens is 1. The lowest BCUT2D eigenvalue weighted by atomic mass is 10.1. The highest BCUT2D eigenvalue weighted by Gasteiger charge is 2.53. The Hall–Kier alpha value is -1.40. The molecule has 1 aromatic rings. The van der Waals surface area contributed by atoms with Crippen molar-refractivity contribution in [2.45, 2.75) is 26.3 Å². The first-order valence-electron chi connectivity index (χ1n) is 6.10. The van der Waals surface area contributed by atoms with Crippen molar-refractivity contribution in [3.63, 3.8) is 0 Å². The molecule has 0 saturated heterocycles. The van der Waals surface area contributed by atoms with E-state index in [0.717, 1.165) is 0 Å². The number of rotatable bonds is 5. The molecular weight excluding hydrogens is 236 g/mol. The molecule has 6 nitrogen and oxygen atoms in total. The van der Waals surface area contributed by atoms with Crippen molar-refractivity contribution in [3.05, 3.63) is 32.6 Å². The van der Waals surface area contributed by atoms with Crippen LogP contribution >= 0.6 is 0 Å². The summed E-state index contributed by atoms with van der Waals surface area (Å²) in [5.74, 6) is 0.0337. The molecule has 6 heteroatoms. The van der Waals surface area contributed by atoms with Crippen LogP contribution in [-0.4, -0.2) is 33.0 Å². The molecule has 2 unspecified atom stereocenters. The van der Waals surface area contributed by atoms with E-state index < -0.39 is 11.1 Å². The molecule has 1 aliphatic rings. The average molecular weight is 254 g/mol. The second kappa shape index (κ2) is 4.70. The summed E-state index contributed by atoms with van der Waals surface area (Å²) >= 11 is 0. The molecule has 0 spiro atoms. The van der Waals surface area contributed by atoms with E-state index in [0.29, 0.717) is 24.9 Å². The van der Waals surface area contributed by atoms with Crippen molar-refractivity contribution in [1.82, 2.24) is 9.55 Å². The molecule has 1 saturated carbocycles. The van der Waals surface area contributed by atoms with E-state index in [1.807, 2.05) is 6.92 Å². The summed E-state index contributed by atoms with van der Waals surface area (Å²) in [6, 6.07) is 0. The molecule has 1 aliphatic carbocycles. The summed E-state index contributed by atoms with van der Waals surface area (Å²) in [4.78, 5) is 25.4. The van der Waals surface area contributed by atoms with E-state index in [2.05, 4.69) is 4.98 Å². The number of aromatic nitrogens is 2. The van der Waals surface area contributed by atoms with Gasteiger partial charge in [-0.15, -0.1) is 0 Å². The fourth-order valence-corrected chi connectivity index (χ4v) is 2.39. The van der Waals surface area contributed by atoms with Gasteiger partial charge in [0, 0.05) is 30.3 Å². The van der Waals surface area contributed by atoms with E-state index in [4.69, 9.17) is 5.11 Å². The molecule has 0 aromatic carbocycles. The van der Waals surface area contributed by atoms with Crippen LogP contribution in [0.2, 0.25) is 0 Å². The number of nitrogens with zero attached hydrogens (tertiary/aromatic N) is 1. The number of aromatic amines is 1. The van der Waals surface area contributed by atoms with Crippen molar-refractivity contribution in [2.75, 3.05) is 13.2 Å². The van der Waals surface area contributed by atoms with Crippen LogP contribution < -0.4 is 11.2 Å². The molecule has 1 fully saturated rings. The lowest BCUT2D eigenvalue weighted by Gasteiger charge is -2.15. The predicted octanol–water partition coefficient (Wildman–Crippen LogP) is -0.910. The van der Waals surface area contributed by atoms with Gasteiger partial charge < -0.3 is 10.2 Å². The predicted molar refractivity (Wildman–Crippen MR) is 65.4 cm³/mol. The number of hydrogen-bond donors (Lipinski definition) is 3. The van der Waals surface area contributed by atoms with Gasteiger partial charge in [-0.25, -0.2) is 4.79 Å². The largest absolute Gasteiger partial charge is 0.396 e. The van der Waals surface area contributed by atoms with Crippen molar-refractivity contribution in [3.8, 4) is 0 Å². The highest BCUT2D eigenvalue weighted by atomic mass is 16.3. The van der Waals surface area contributed by atoms with Gasteiger partial charge in [-0.3, -0.25) is 14.3 Å². The van der Waals surface area contributed by atoms with Crippen molar-refractivity contribution < 1.29 is 10.2 Å². The maximum absolute atomic E-state index is 11.7. The molecule has 0 aliphatic heterocycles. The standard InChI is InChI=1S/C12H18N2O4/c1-2-8-4-14(11(18)13-10(8)17)6-12(7-16)3-9(12)5-15/h4,9,15-16H,2-3,5-7H2,1H3,(H,13,17,18). The molecular formula is C12H18N2O4. The summed E-state index contributed by atoms with van der Waals surface area (Å²) in [5.41, 5.74) is -0.689. The zero-order valence-corrected chi connectivity index (χ0v) is 10.3. The molecule has 2 rings (SSSR count). The molecule has 1 heterocycles. The van der Waals surface area contributed by atoms with Crippen molar-refractivity contribution in [1.29, 1.82) is 0 Å². The van der Waals surface area contributed by atoms with E-state index in [1.165, 1.54) is 4.57 Å². The fourth-order valence-electron chi connectivity index (χ4n) is 2.39. The Morgan fingerprint density at radius 3 is 2.72 bits per heavy atom. The van der Waals surface area contributed by atoms with Crippen LogP contribution in [0, 0.1) is 11.3 Å². The van der Waals surface area contributed by atoms with Crippen LogP contribution in [0.1, 0.15) is 18.9 Å². The SMILES string of the molecule is CCc1cn(CC2(CO)CC2CO)c(=O)[nH]c1=O. The Balaban J connectivity index is 2.30. The topological polar surface area (TPSA) is 95.3 Å². The van der Waals surface area contributed by atoms with Gasteiger partial charge in [-0.2, -0.15) is 0 Å². The van der Waals surface area contributed by atoms with Crippen LogP contribution in [0.25, 0.3) is 0 Å². The Kier molecular flexibility index (Phi) is 3.41. The number of aliphatic hydroxyl groups excluding tert-OH is 2. The smallest absolute Gasteiger partial charge is 0.328 e. The van der Waals surface area contributed by atoms with E-state index >= 15 is 0 Å². The van der Waals surface area contributed by atoms with Gasteiger partial charge in [-0.1, -0.05) is 6.92 Å². The third-order valence-corrected chi connectivity index (χ3v) is 3.84. The molecule has 0 bridgehead atoms. The third-order valence-electron chi connectivity index (χ3n) is 3.84. The summed E-state index contributed by atoms with van der Waals surface area (Å²) in [6.45, 7) is 2.12. The minimum atomic E-state index is -0.464. The summed E-state index contributed by atoms with van der Waals surface area (Å²) in [6.07, 6.45) is 2.80. The van der Waals surface area contributed by atoms with Crippen LogP contribution in [0.4, 0.5) is 0 Å². The zero-order valence-electron chi connectivity index (χ0n) is 10.3. The van der Waals surface area contributed by atoms with Crippen LogP contribution in [0.3, 0.4) is 0 Å². The molecule has 100 valence electrons. The van der Waals surface area contributed by atoms with Gasteiger partial charge in [0.15, 0.2) is 0 Å². The highest BCUT2D eigenvalue weighted by Crippen LogP contribution is 2.52. The quantitative estimate of drug-likeness (QED) is 0.634.